The third-order valence-electron chi connectivity index (χ3n) is 7.42. The monoisotopic (exact) mass is 292 g/mol. The van der Waals surface area contributed by atoms with Crippen molar-refractivity contribution in [1.29, 1.82) is 0 Å². The Labute approximate surface area is 130 Å². The summed E-state index contributed by atoms with van der Waals surface area (Å²) in [6.07, 6.45) is 9.67. The number of hydrogen-bond acceptors (Lipinski definition) is 0. The van der Waals surface area contributed by atoms with Crippen LogP contribution in [0.15, 0.2) is 11.6 Å². The van der Waals surface area contributed by atoms with E-state index in [4.69, 9.17) is 0 Å². The van der Waals surface area contributed by atoms with Gasteiger partial charge in [0.25, 0.3) is 0 Å². The zero-order valence-electron chi connectivity index (χ0n) is 14.3. The van der Waals surface area contributed by atoms with Crippen molar-refractivity contribution in [3.63, 3.8) is 0 Å². The lowest BCUT2D eigenvalue weighted by atomic mass is 9.55. The van der Waals surface area contributed by atoms with E-state index in [0.29, 0.717) is 23.7 Å². The van der Waals surface area contributed by atoms with Gasteiger partial charge < -0.3 is 0 Å². The number of hydrogen-bond donors (Lipinski definition) is 0. The lowest BCUT2D eigenvalue weighted by molar-refractivity contribution is -0.0602. The SMILES string of the molecule is CC1=CCC(C2CCC3CC(C)C(C)C(F)C3C2C)CC1. The Morgan fingerprint density at radius 2 is 1.76 bits per heavy atom. The summed E-state index contributed by atoms with van der Waals surface area (Å²) in [5.74, 6) is 4.04. The Kier molecular flexibility index (Phi) is 4.48. The summed E-state index contributed by atoms with van der Waals surface area (Å²) in [4.78, 5) is 0. The highest BCUT2D eigenvalue weighted by Gasteiger charge is 2.49. The number of fused-ring (bicyclic) bond motifs is 1. The summed E-state index contributed by atoms with van der Waals surface area (Å²) in [5, 5.41) is 0. The van der Waals surface area contributed by atoms with Crippen LogP contribution in [0.25, 0.3) is 0 Å². The van der Waals surface area contributed by atoms with Gasteiger partial charge in [0.05, 0.1) is 0 Å². The minimum atomic E-state index is -0.558. The average Bonchev–Trinajstić information content (AvgIpc) is 2.46. The fourth-order valence-electron chi connectivity index (χ4n) is 5.80. The molecule has 3 rings (SSSR count). The first-order chi connectivity index (χ1) is 9.99. The van der Waals surface area contributed by atoms with Crippen LogP contribution < -0.4 is 0 Å². The quantitative estimate of drug-likeness (QED) is 0.518. The van der Waals surface area contributed by atoms with E-state index in [2.05, 4.69) is 33.8 Å². The van der Waals surface area contributed by atoms with Crippen LogP contribution in [0.2, 0.25) is 0 Å². The van der Waals surface area contributed by atoms with Crippen molar-refractivity contribution in [2.75, 3.05) is 0 Å². The van der Waals surface area contributed by atoms with E-state index >= 15 is 4.39 Å². The molecule has 8 atom stereocenters. The topological polar surface area (TPSA) is 0 Å². The molecule has 0 aromatic carbocycles. The van der Waals surface area contributed by atoms with Crippen molar-refractivity contribution in [1.82, 2.24) is 0 Å². The molecule has 2 fully saturated rings. The van der Waals surface area contributed by atoms with Crippen LogP contribution in [0.4, 0.5) is 4.39 Å². The van der Waals surface area contributed by atoms with E-state index in [-0.39, 0.29) is 5.92 Å². The van der Waals surface area contributed by atoms with Crippen LogP contribution in [0.3, 0.4) is 0 Å². The average molecular weight is 292 g/mol. The van der Waals surface area contributed by atoms with Crippen LogP contribution in [0, 0.1) is 41.4 Å². The maximum absolute atomic E-state index is 15.0. The highest BCUT2D eigenvalue weighted by molar-refractivity contribution is 5.05. The minimum absolute atomic E-state index is 0.265. The molecule has 0 bridgehead atoms. The van der Waals surface area contributed by atoms with Gasteiger partial charge in [-0.15, -0.1) is 0 Å². The van der Waals surface area contributed by atoms with Gasteiger partial charge in [-0.3, -0.25) is 0 Å². The van der Waals surface area contributed by atoms with Gasteiger partial charge >= 0.3 is 0 Å². The van der Waals surface area contributed by atoms with Gasteiger partial charge in [-0.05, 0) is 86.9 Å². The van der Waals surface area contributed by atoms with Crippen molar-refractivity contribution in [2.45, 2.75) is 72.4 Å². The third-order valence-corrected chi connectivity index (χ3v) is 7.42. The molecule has 0 N–H and O–H groups in total. The zero-order valence-corrected chi connectivity index (χ0v) is 14.3. The number of allylic oxidation sites excluding steroid dienone is 2. The second-order valence-corrected chi connectivity index (χ2v) is 8.54. The summed E-state index contributed by atoms with van der Waals surface area (Å²) in [5.41, 5.74) is 1.57. The summed E-state index contributed by atoms with van der Waals surface area (Å²) in [6.45, 7) is 9.05. The molecule has 0 aromatic rings. The van der Waals surface area contributed by atoms with Gasteiger partial charge in [-0.1, -0.05) is 32.4 Å². The Bertz CT molecular complexity index is 397. The number of halogens is 1. The van der Waals surface area contributed by atoms with Crippen LogP contribution in [-0.4, -0.2) is 6.17 Å². The Morgan fingerprint density at radius 3 is 2.43 bits per heavy atom. The third kappa shape index (κ3) is 2.82. The molecule has 0 spiro atoms. The van der Waals surface area contributed by atoms with E-state index in [1.807, 2.05) is 0 Å². The molecule has 0 amide bonds. The van der Waals surface area contributed by atoms with E-state index < -0.39 is 6.17 Å². The normalized spacial score (nSPS) is 51.2. The molecule has 0 saturated heterocycles. The maximum atomic E-state index is 15.0. The van der Waals surface area contributed by atoms with E-state index in [9.17, 15) is 0 Å². The minimum Gasteiger partial charge on any atom is -0.247 e. The van der Waals surface area contributed by atoms with Gasteiger partial charge in [-0.25, -0.2) is 4.39 Å². The highest BCUT2D eigenvalue weighted by atomic mass is 19.1. The van der Waals surface area contributed by atoms with Crippen molar-refractivity contribution in [3.05, 3.63) is 11.6 Å². The van der Waals surface area contributed by atoms with Gasteiger partial charge in [0, 0.05) is 0 Å². The van der Waals surface area contributed by atoms with Crippen LogP contribution >= 0.6 is 0 Å². The predicted molar refractivity (Wildman–Crippen MR) is 87.8 cm³/mol. The molecule has 0 aromatic heterocycles. The molecule has 3 aliphatic rings. The van der Waals surface area contributed by atoms with E-state index in [1.54, 1.807) is 5.57 Å². The number of alkyl halides is 1. The fourth-order valence-corrected chi connectivity index (χ4v) is 5.80. The van der Waals surface area contributed by atoms with Crippen LogP contribution in [0.1, 0.15) is 66.2 Å². The molecule has 0 heterocycles. The van der Waals surface area contributed by atoms with E-state index in [1.165, 1.54) is 38.5 Å². The first-order valence-electron chi connectivity index (χ1n) is 9.28. The zero-order chi connectivity index (χ0) is 15.1. The van der Waals surface area contributed by atoms with Crippen LogP contribution in [-0.2, 0) is 0 Å². The van der Waals surface area contributed by atoms with Gasteiger partial charge in [0.15, 0.2) is 0 Å². The molecule has 8 unspecified atom stereocenters. The second-order valence-electron chi connectivity index (χ2n) is 8.54. The second kappa shape index (κ2) is 6.05. The van der Waals surface area contributed by atoms with Crippen molar-refractivity contribution in [3.8, 4) is 0 Å². The Hall–Kier alpha value is -0.330. The fraction of sp³-hybridized carbons (Fsp3) is 0.900. The summed E-state index contributed by atoms with van der Waals surface area (Å²) >= 11 is 0. The molecular formula is C20H33F. The van der Waals surface area contributed by atoms with Crippen molar-refractivity contribution >= 4 is 0 Å². The van der Waals surface area contributed by atoms with Crippen molar-refractivity contribution in [2.24, 2.45) is 41.4 Å². The first kappa shape index (κ1) is 15.6. The smallest absolute Gasteiger partial charge is 0.106 e. The lowest BCUT2D eigenvalue weighted by Gasteiger charge is -2.51. The standard InChI is InChI=1S/C20H33F/c1-12-5-7-16(8-6-12)18-10-9-17-11-13(2)14(3)20(21)19(17)15(18)4/h5,13-20H,6-11H2,1-4H3. The molecule has 0 aliphatic heterocycles. The number of rotatable bonds is 1. The van der Waals surface area contributed by atoms with Gasteiger partial charge in [0.1, 0.15) is 6.17 Å². The van der Waals surface area contributed by atoms with E-state index in [0.717, 1.165) is 11.8 Å². The molecule has 2 saturated carbocycles. The molecule has 120 valence electrons. The maximum Gasteiger partial charge on any atom is 0.106 e. The van der Waals surface area contributed by atoms with Crippen molar-refractivity contribution < 1.29 is 4.39 Å². The lowest BCUT2D eigenvalue weighted by Crippen LogP contribution is -2.48. The molecule has 21 heavy (non-hydrogen) atoms. The summed E-state index contributed by atoms with van der Waals surface area (Å²) < 4.78 is 15.0. The Morgan fingerprint density at radius 1 is 1.00 bits per heavy atom. The molecule has 0 nitrogen and oxygen atoms in total. The first-order valence-corrected chi connectivity index (χ1v) is 9.28. The molecule has 1 heteroatoms. The molecule has 3 aliphatic carbocycles. The predicted octanol–water partition coefficient (Wildman–Crippen LogP) is 6.03. The van der Waals surface area contributed by atoms with Gasteiger partial charge in [-0.2, -0.15) is 0 Å². The van der Waals surface area contributed by atoms with Crippen LogP contribution in [0.5, 0.6) is 0 Å². The highest BCUT2D eigenvalue weighted by Crippen LogP contribution is 2.53. The Balaban J connectivity index is 1.73. The molecular weight excluding hydrogens is 259 g/mol. The molecule has 0 radical (unpaired) electrons. The van der Waals surface area contributed by atoms with Gasteiger partial charge in [0.2, 0.25) is 0 Å². The largest absolute Gasteiger partial charge is 0.247 e. The summed E-state index contributed by atoms with van der Waals surface area (Å²) in [6, 6.07) is 0. The summed E-state index contributed by atoms with van der Waals surface area (Å²) in [7, 11) is 0.